The Morgan fingerprint density at radius 3 is 2.64 bits per heavy atom. The van der Waals surface area contributed by atoms with Gasteiger partial charge in [0, 0.05) is 5.39 Å². The third-order valence-corrected chi connectivity index (χ3v) is 4.54. The fourth-order valence-corrected chi connectivity index (χ4v) is 3.01. The van der Waals surface area contributed by atoms with Crippen molar-refractivity contribution in [3.63, 3.8) is 0 Å². The fraction of sp³-hybridized carbons (Fsp3) is 0.167. The van der Waals surface area contributed by atoms with Gasteiger partial charge in [-0.3, -0.25) is 4.79 Å². The van der Waals surface area contributed by atoms with E-state index in [4.69, 9.17) is 23.2 Å². The Labute approximate surface area is 154 Å². The number of carbonyl (C=O) groups excluding carboxylic acids is 1. The maximum atomic E-state index is 12.1. The number of aromatic nitrogens is 1. The Balaban J connectivity index is 1.86. The smallest absolute Gasteiger partial charge is 0.269 e. The predicted octanol–water partition coefficient (Wildman–Crippen LogP) is 5.65. The van der Waals surface area contributed by atoms with E-state index in [1.165, 1.54) is 0 Å². The zero-order valence-corrected chi connectivity index (χ0v) is 15.1. The van der Waals surface area contributed by atoms with Gasteiger partial charge in [0.2, 0.25) is 5.88 Å². The standard InChI is InChI=1S/C18H15Cl2N3O2/c1-9-5-10(2)16-12(6-9)17(18(25)21-16)23-22-15(24)8-11-3-4-13(19)14(20)7-11/h3-7,21,25H,8H2,1-2H3. The largest absolute Gasteiger partial charge is 0.493 e. The topological polar surface area (TPSA) is 77.8 Å². The van der Waals surface area contributed by atoms with Gasteiger partial charge >= 0.3 is 0 Å². The van der Waals surface area contributed by atoms with Crippen LogP contribution in [0.5, 0.6) is 5.88 Å². The van der Waals surface area contributed by atoms with Crippen LogP contribution in [0.3, 0.4) is 0 Å². The number of carbonyl (C=O) groups is 1. The summed E-state index contributed by atoms with van der Waals surface area (Å²) in [5.41, 5.74) is 3.72. The first-order chi connectivity index (χ1) is 11.8. The van der Waals surface area contributed by atoms with Gasteiger partial charge in [0.1, 0.15) is 0 Å². The molecule has 2 aromatic carbocycles. The predicted molar refractivity (Wildman–Crippen MR) is 99.1 cm³/mol. The van der Waals surface area contributed by atoms with Crippen LogP contribution >= 0.6 is 23.2 Å². The van der Waals surface area contributed by atoms with Crippen LogP contribution in [-0.4, -0.2) is 16.0 Å². The summed E-state index contributed by atoms with van der Waals surface area (Å²) in [6, 6.07) is 8.83. The number of amides is 1. The number of nitrogens with zero attached hydrogens (tertiary/aromatic N) is 2. The maximum Gasteiger partial charge on any atom is 0.269 e. The van der Waals surface area contributed by atoms with Crippen LogP contribution in [-0.2, 0) is 11.2 Å². The summed E-state index contributed by atoms with van der Waals surface area (Å²) < 4.78 is 0. The lowest BCUT2D eigenvalue weighted by Gasteiger charge is -2.00. The van der Waals surface area contributed by atoms with Crippen molar-refractivity contribution in [3.05, 3.63) is 57.1 Å². The first-order valence-electron chi connectivity index (χ1n) is 7.55. The average Bonchev–Trinajstić information content (AvgIpc) is 2.85. The number of nitrogens with one attached hydrogen (secondary N) is 1. The van der Waals surface area contributed by atoms with Crippen LogP contribution < -0.4 is 0 Å². The van der Waals surface area contributed by atoms with E-state index in [-0.39, 0.29) is 18.0 Å². The van der Waals surface area contributed by atoms with Crippen molar-refractivity contribution in [3.8, 4) is 5.88 Å². The van der Waals surface area contributed by atoms with Crippen LogP contribution in [0.4, 0.5) is 5.69 Å². The summed E-state index contributed by atoms with van der Waals surface area (Å²) in [6.45, 7) is 3.88. The van der Waals surface area contributed by atoms with Crippen molar-refractivity contribution in [2.45, 2.75) is 20.3 Å². The highest BCUT2D eigenvalue weighted by atomic mass is 35.5. The molecule has 3 rings (SSSR count). The molecule has 5 nitrogen and oxygen atoms in total. The lowest BCUT2D eigenvalue weighted by atomic mass is 10.1. The van der Waals surface area contributed by atoms with Gasteiger partial charge in [0.25, 0.3) is 5.91 Å². The molecule has 0 saturated heterocycles. The van der Waals surface area contributed by atoms with Gasteiger partial charge in [-0.05, 0) is 43.2 Å². The summed E-state index contributed by atoms with van der Waals surface area (Å²) in [7, 11) is 0. The highest BCUT2D eigenvalue weighted by Crippen LogP contribution is 2.37. The summed E-state index contributed by atoms with van der Waals surface area (Å²) >= 11 is 11.8. The zero-order chi connectivity index (χ0) is 18.1. The number of aromatic amines is 1. The van der Waals surface area contributed by atoms with Gasteiger partial charge in [-0.1, -0.05) is 40.9 Å². The molecular weight excluding hydrogens is 361 g/mol. The molecule has 25 heavy (non-hydrogen) atoms. The number of azo groups is 1. The van der Waals surface area contributed by atoms with Crippen LogP contribution in [0.2, 0.25) is 10.0 Å². The third kappa shape index (κ3) is 3.67. The number of benzene rings is 2. The summed E-state index contributed by atoms with van der Waals surface area (Å²) in [5.74, 6) is -0.564. The second-order valence-corrected chi connectivity index (χ2v) is 6.66. The molecule has 0 bridgehead atoms. The minimum Gasteiger partial charge on any atom is -0.493 e. The van der Waals surface area contributed by atoms with Gasteiger partial charge in [-0.15, -0.1) is 10.2 Å². The molecule has 0 unspecified atom stereocenters. The number of halogens is 2. The third-order valence-electron chi connectivity index (χ3n) is 3.80. The van der Waals surface area contributed by atoms with E-state index in [0.717, 1.165) is 22.0 Å². The van der Waals surface area contributed by atoms with Gasteiger partial charge in [-0.2, -0.15) is 0 Å². The van der Waals surface area contributed by atoms with E-state index in [9.17, 15) is 9.90 Å². The van der Waals surface area contributed by atoms with E-state index in [1.807, 2.05) is 26.0 Å². The second-order valence-electron chi connectivity index (χ2n) is 5.85. The van der Waals surface area contributed by atoms with Crippen molar-refractivity contribution in [2.75, 3.05) is 0 Å². The van der Waals surface area contributed by atoms with E-state index >= 15 is 0 Å². The molecule has 0 spiro atoms. The Morgan fingerprint density at radius 1 is 1.16 bits per heavy atom. The van der Waals surface area contributed by atoms with Crippen molar-refractivity contribution in [1.29, 1.82) is 0 Å². The normalized spacial score (nSPS) is 11.5. The lowest BCUT2D eigenvalue weighted by molar-refractivity contribution is -0.117. The van der Waals surface area contributed by atoms with Crippen molar-refractivity contribution >= 4 is 45.7 Å². The van der Waals surface area contributed by atoms with Crippen LogP contribution in [0, 0.1) is 13.8 Å². The molecule has 0 aliphatic carbocycles. The maximum absolute atomic E-state index is 12.1. The molecule has 128 valence electrons. The number of rotatable bonds is 3. The monoisotopic (exact) mass is 375 g/mol. The van der Waals surface area contributed by atoms with Crippen molar-refractivity contribution in [1.82, 2.24) is 4.98 Å². The summed E-state index contributed by atoms with van der Waals surface area (Å²) in [5, 5.41) is 19.3. The first-order valence-corrected chi connectivity index (χ1v) is 8.31. The van der Waals surface area contributed by atoms with E-state index in [0.29, 0.717) is 15.6 Å². The molecule has 1 aromatic heterocycles. The molecule has 0 atom stereocenters. The van der Waals surface area contributed by atoms with Crippen LogP contribution in [0.15, 0.2) is 40.6 Å². The highest BCUT2D eigenvalue weighted by molar-refractivity contribution is 6.42. The van der Waals surface area contributed by atoms with Gasteiger partial charge in [-0.25, -0.2) is 0 Å². The molecular formula is C18H15Cl2N3O2. The number of hydrogen-bond acceptors (Lipinski definition) is 3. The van der Waals surface area contributed by atoms with Gasteiger partial charge < -0.3 is 10.1 Å². The minimum absolute atomic E-state index is 0.0432. The molecule has 1 amide bonds. The Kier molecular flexibility index (Phi) is 4.79. The Bertz CT molecular complexity index is 1010. The van der Waals surface area contributed by atoms with E-state index < -0.39 is 5.91 Å². The summed E-state index contributed by atoms with van der Waals surface area (Å²) in [6.07, 6.45) is 0.0432. The lowest BCUT2D eigenvalue weighted by Crippen LogP contribution is -1.97. The molecule has 0 radical (unpaired) electrons. The SMILES string of the molecule is Cc1cc(C)c2[nH]c(O)c(N=NC(=O)Cc3ccc(Cl)c(Cl)c3)c2c1. The molecule has 2 N–H and O–H groups in total. The fourth-order valence-electron chi connectivity index (χ4n) is 2.69. The second kappa shape index (κ2) is 6.86. The van der Waals surface area contributed by atoms with E-state index in [2.05, 4.69) is 15.2 Å². The molecule has 3 aromatic rings. The summed E-state index contributed by atoms with van der Waals surface area (Å²) in [4.78, 5) is 14.9. The average molecular weight is 376 g/mol. The molecule has 0 saturated carbocycles. The van der Waals surface area contributed by atoms with E-state index in [1.54, 1.807) is 18.2 Å². The van der Waals surface area contributed by atoms with Gasteiger partial charge in [0.05, 0.1) is 22.0 Å². The minimum atomic E-state index is -0.448. The molecule has 7 heteroatoms. The highest BCUT2D eigenvalue weighted by Gasteiger charge is 2.13. The molecule has 0 aliphatic rings. The number of fused-ring (bicyclic) bond motifs is 1. The van der Waals surface area contributed by atoms with Crippen molar-refractivity contribution in [2.24, 2.45) is 10.2 Å². The number of aromatic hydroxyl groups is 1. The molecule has 0 fully saturated rings. The number of aryl methyl sites for hydroxylation is 2. The zero-order valence-electron chi connectivity index (χ0n) is 13.6. The Hall–Kier alpha value is -2.37. The van der Waals surface area contributed by atoms with Crippen LogP contribution in [0.25, 0.3) is 10.9 Å². The van der Waals surface area contributed by atoms with Crippen molar-refractivity contribution < 1.29 is 9.90 Å². The number of hydrogen-bond donors (Lipinski definition) is 2. The van der Waals surface area contributed by atoms with Crippen LogP contribution in [0.1, 0.15) is 16.7 Å². The Morgan fingerprint density at radius 2 is 1.92 bits per heavy atom. The number of H-pyrrole nitrogens is 1. The molecule has 0 aliphatic heterocycles. The first kappa shape index (κ1) is 17.5. The quantitative estimate of drug-likeness (QED) is 0.580. The van der Waals surface area contributed by atoms with Gasteiger partial charge in [0.15, 0.2) is 5.69 Å². The molecule has 1 heterocycles.